The lowest BCUT2D eigenvalue weighted by atomic mass is 10.4. The Morgan fingerprint density at radius 3 is 2.58 bits per heavy atom. The number of hydrogen-bond donors (Lipinski definition) is 2. The van der Waals surface area contributed by atoms with E-state index in [0.717, 1.165) is 19.5 Å². The fraction of sp³-hybridized carbons (Fsp3) is 0.667. The van der Waals surface area contributed by atoms with Gasteiger partial charge in [0, 0.05) is 13.1 Å². The summed E-state index contributed by atoms with van der Waals surface area (Å²) in [5.74, 6) is 0.460. The van der Waals surface area contributed by atoms with Crippen LogP contribution >= 0.6 is 0 Å². The van der Waals surface area contributed by atoms with E-state index in [1.165, 1.54) is 6.07 Å². The molecule has 0 fully saturated rings. The second kappa shape index (κ2) is 7.64. The molecular formula is C12H23N3O3S. The Balaban J connectivity index is 2.51. The average molecular weight is 289 g/mol. The molecule has 0 aliphatic carbocycles. The molecule has 110 valence electrons. The summed E-state index contributed by atoms with van der Waals surface area (Å²) < 4.78 is 31.5. The predicted molar refractivity (Wildman–Crippen MR) is 74.2 cm³/mol. The molecule has 0 amide bonds. The fourth-order valence-corrected chi connectivity index (χ4v) is 2.73. The topological polar surface area (TPSA) is 88.6 Å². The molecule has 19 heavy (non-hydrogen) atoms. The van der Waals surface area contributed by atoms with Crippen molar-refractivity contribution in [2.45, 2.75) is 31.9 Å². The summed E-state index contributed by atoms with van der Waals surface area (Å²) in [5.41, 5.74) is 5.38. The third-order valence-electron chi connectivity index (χ3n) is 2.81. The number of sulfonamides is 1. The van der Waals surface area contributed by atoms with Gasteiger partial charge in [0.2, 0.25) is 5.09 Å². The number of furan rings is 1. The van der Waals surface area contributed by atoms with Gasteiger partial charge >= 0.3 is 0 Å². The van der Waals surface area contributed by atoms with Gasteiger partial charge < -0.3 is 15.1 Å². The van der Waals surface area contributed by atoms with Crippen LogP contribution in [-0.4, -0.2) is 39.5 Å². The lowest BCUT2D eigenvalue weighted by Crippen LogP contribution is -2.35. The van der Waals surface area contributed by atoms with Gasteiger partial charge in [0.15, 0.2) is 0 Å². The Morgan fingerprint density at radius 2 is 2.05 bits per heavy atom. The van der Waals surface area contributed by atoms with Gasteiger partial charge in [-0.25, -0.2) is 13.1 Å². The molecule has 7 heteroatoms. The van der Waals surface area contributed by atoms with Crippen molar-refractivity contribution in [1.82, 2.24) is 9.62 Å². The van der Waals surface area contributed by atoms with Gasteiger partial charge in [0.25, 0.3) is 10.0 Å². The molecule has 1 aromatic rings. The lowest BCUT2D eigenvalue weighted by Gasteiger charge is -2.19. The van der Waals surface area contributed by atoms with Crippen molar-refractivity contribution in [3.05, 3.63) is 17.9 Å². The first-order valence-electron chi connectivity index (χ1n) is 6.54. The summed E-state index contributed by atoms with van der Waals surface area (Å²) in [6.45, 7) is 7.29. The van der Waals surface area contributed by atoms with Crippen LogP contribution in [0.15, 0.2) is 21.6 Å². The highest BCUT2D eigenvalue weighted by molar-refractivity contribution is 7.89. The van der Waals surface area contributed by atoms with Gasteiger partial charge in [-0.1, -0.05) is 13.8 Å². The first-order valence-corrected chi connectivity index (χ1v) is 8.02. The fourth-order valence-electron chi connectivity index (χ4n) is 1.77. The van der Waals surface area contributed by atoms with Gasteiger partial charge in [-0.3, -0.25) is 0 Å². The van der Waals surface area contributed by atoms with Gasteiger partial charge in [-0.2, -0.15) is 0 Å². The van der Waals surface area contributed by atoms with E-state index in [0.29, 0.717) is 18.8 Å². The van der Waals surface area contributed by atoms with E-state index in [1.54, 1.807) is 6.07 Å². The van der Waals surface area contributed by atoms with Crippen molar-refractivity contribution in [2.75, 3.05) is 26.2 Å². The van der Waals surface area contributed by atoms with E-state index in [2.05, 4.69) is 23.5 Å². The molecule has 0 bridgehead atoms. The Labute approximate surface area is 115 Å². The van der Waals surface area contributed by atoms with E-state index >= 15 is 0 Å². The molecule has 1 rings (SSSR count). The van der Waals surface area contributed by atoms with Crippen molar-refractivity contribution in [3.8, 4) is 0 Å². The Bertz CT molecular complexity index is 470. The van der Waals surface area contributed by atoms with Gasteiger partial charge in [0.1, 0.15) is 5.76 Å². The SMILES string of the molecule is CCCN(CC)CCNS(=O)(=O)c1ccc(CN)o1. The van der Waals surface area contributed by atoms with Gasteiger partial charge in [-0.15, -0.1) is 0 Å². The minimum atomic E-state index is -3.57. The number of nitrogens with two attached hydrogens (primary N) is 1. The predicted octanol–water partition coefficient (Wildman–Crippen LogP) is 0.749. The molecule has 0 aliphatic rings. The second-order valence-corrected chi connectivity index (χ2v) is 5.95. The first kappa shape index (κ1) is 16.2. The number of hydrogen-bond acceptors (Lipinski definition) is 5. The number of rotatable bonds is 9. The molecule has 6 nitrogen and oxygen atoms in total. The van der Waals surface area contributed by atoms with Crippen LogP contribution in [0.3, 0.4) is 0 Å². The molecule has 0 radical (unpaired) electrons. The zero-order valence-corrected chi connectivity index (χ0v) is 12.4. The van der Waals surface area contributed by atoms with Crippen LogP contribution in [0.5, 0.6) is 0 Å². The maximum Gasteiger partial charge on any atom is 0.274 e. The highest BCUT2D eigenvalue weighted by Crippen LogP contribution is 2.12. The first-order chi connectivity index (χ1) is 9.03. The maximum absolute atomic E-state index is 11.9. The van der Waals surface area contributed by atoms with Crippen LogP contribution in [0.4, 0.5) is 0 Å². The van der Waals surface area contributed by atoms with E-state index in [4.69, 9.17) is 10.2 Å². The minimum Gasteiger partial charge on any atom is -0.447 e. The molecule has 1 aromatic heterocycles. The molecule has 0 spiro atoms. The van der Waals surface area contributed by atoms with Crippen LogP contribution in [0.2, 0.25) is 0 Å². The highest BCUT2D eigenvalue weighted by Gasteiger charge is 2.18. The maximum atomic E-state index is 11.9. The second-order valence-electron chi connectivity index (χ2n) is 4.26. The molecule has 0 aromatic carbocycles. The van der Waals surface area contributed by atoms with E-state index < -0.39 is 10.0 Å². The smallest absolute Gasteiger partial charge is 0.274 e. The Hall–Kier alpha value is -0.890. The average Bonchev–Trinajstić information content (AvgIpc) is 2.87. The van der Waals surface area contributed by atoms with Crippen molar-refractivity contribution >= 4 is 10.0 Å². The lowest BCUT2D eigenvalue weighted by molar-refractivity contribution is 0.293. The summed E-state index contributed by atoms with van der Waals surface area (Å²) in [5, 5.41) is -0.0773. The molecule has 0 saturated carbocycles. The zero-order chi connectivity index (χ0) is 14.3. The summed E-state index contributed by atoms with van der Waals surface area (Å²) in [4.78, 5) is 2.19. The minimum absolute atomic E-state index is 0.0773. The zero-order valence-electron chi connectivity index (χ0n) is 11.6. The Morgan fingerprint density at radius 1 is 1.32 bits per heavy atom. The monoisotopic (exact) mass is 289 g/mol. The van der Waals surface area contributed by atoms with Gasteiger partial charge in [-0.05, 0) is 31.6 Å². The molecule has 0 atom stereocenters. The molecule has 1 heterocycles. The molecule has 3 N–H and O–H groups in total. The molecule has 0 saturated heterocycles. The highest BCUT2D eigenvalue weighted by atomic mass is 32.2. The van der Waals surface area contributed by atoms with Crippen LogP contribution in [0, 0.1) is 0 Å². The summed E-state index contributed by atoms with van der Waals surface area (Å²) in [6, 6.07) is 3.00. The van der Waals surface area contributed by atoms with Crippen molar-refractivity contribution < 1.29 is 12.8 Å². The van der Waals surface area contributed by atoms with Crippen LogP contribution in [0.1, 0.15) is 26.0 Å². The van der Waals surface area contributed by atoms with Crippen molar-refractivity contribution in [3.63, 3.8) is 0 Å². The normalized spacial score (nSPS) is 12.2. The number of nitrogens with one attached hydrogen (secondary N) is 1. The van der Waals surface area contributed by atoms with Gasteiger partial charge in [0.05, 0.1) is 6.54 Å². The number of likely N-dealkylation sites (N-methyl/N-ethyl adjacent to an activating group) is 1. The summed E-state index contributed by atoms with van der Waals surface area (Å²) in [6.07, 6.45) is 1.05. The summed E-state index contributed by atoms with van der Waals surface area (Å²) in [7, 11) is -3.57. The van der Waals surface area contributed by atoms with E-state index in [-0.39, 0.29) is 11.6 Å². The third kappa shape index (κ3) is 4.94. The largest absolute Gasteiger partial charge is 0.447 e. The van der Waals surface area contributed by atoms with Crippen LogP contribution in [0.25, 0.3) is 0 Å². The van der Waals surface area contributed by atoms with Crippen molar-refractivity contribution in [2.24, 2.45) is 5.73 Å². The van der Waals surface area contributed by atoms with Crippen molar-refractivity contribution in [1.29, 1.82) is 0 Å². The van der Waals surface area contributed by atoms with E-state index in [1.807, 2.05) is 0 Å². The molecule has 0 unspecified atom stereocenters. The third-order valence-corrected chi connectivity index (χ3v) is 4.14. The number of nitrogens with zero attached hydrogens (tertiary/aromatic N) is 1. The van der Waals surface area contributed by atoms with Crippen LogP contribution in [-0.2, 0) is 16.6 Å². The standard InChI is InChI=1S/C12H23N3O3S/c1-3-8-15(4-2)9-7-14-19(16,17)12-6-5-11(10-13)18-12/h5-6,14H,3-4,7-10,13H2,1-2H3. The molecular weight excluding hydrogens is 266 g/mol. The summed E-state index contributed by atoms with van der Waals surface area (Å²) >= 11 is 0. The molecule has 0 aliphatic heterocycles. The van der Waals surface area contributed by atoms with E-state index in [9.17, 15) is 8.42 Å². The van der Waals surface area contributed by atoms with Crippen LogP contribution < -0.4 is 10.5 Å². The quantitative estimate of drug-likeness (QED) is 0.700. The Kier molecular flexibility index (Phi) is 6.50.